The molecule has 2 N–H and O–H groups in total. The summed E-state index contributed by atoms with van der Waals surface area (Å²) in [6, 6.07) is 9.31. The van der Waals surface area contributed by atoms with E-state index < -0.39 is 21.7 Å². The average Bonchev–Trinajstić information content (AvgIpc) is 2.52. The van der Waals surface area contributed by atoms with Crippen LogP contribution >= 0.6 is 0 Å². The number of anilines is 1. The average molecular weight is 364 g/mol. The Labute approximate surface area is 147 Å². The molecule has 0 bridgehead atoms. The molecule has 0 aromatic heterocycles. The number of carbonyl (C=O) groups excluding carboxylic acids is 1. The minimum absolute atomic E-state index is 0.0748. The van der Waals surface area contributed by atoms with Crippen LogP contribution < -0.4 is 10.0 Å². The Morgan fingerprint density at radius 2 is 1.76 bits per heavy atom. The number of sulfonamides is 1. The number of amides is 1. The molecule has 7 heteroatoms. The molecule has 0 fully saturated rings. The highest BCUT2D eigenvalue weighted by molar-refractivity contribution is 7.89. The summed E-state index contributed by atoms with van der Waals surface area (Å²) in [6.45, 7) is 5.40. The molecule has 2 aromatic carbocycles. The molecule has 0 aliphatic carbocycles. The molecule has 0 heterocycles. The van der Waals surface area contributed by atoms with E-state index in [9.17, 15) is 17.6 Å². The Hall–Kier alpha value is -2.25. The van der Waals surface area contributed by atoms with Gasteiger partial charge in [-0.3, -0.25) is 4.79 Å². The van der Waals surface area contributed by atoms with Crippen molar-refractivity contribution in [1.29, 1.82) is 0 Å². The van der Waals surface area contributed by atoms with E-state index in [4.69, 9.17) is 0 Å². The van der Waals surface area contributed by atoms with Gasteiger partial charge in [0, 0.05) is 13.0 Å². The lowest BCUT2D eigenvalue weighted by atomic mass is 10.1. The van der Waals surface area contributed by atoms with Gasteiger partial charge in [-0.25, -0.2) is 17.5 Å². The first-order chi connectivity index (χ1) is 11.7. The topological polar surface area (TPSA) is 75.3 Å². The van der Waals surface area contributed by atoms with Gasteiger partial charge in [0.05, 0.1) is 10.6 Å². The van der Waals surface area contributed by atoms with Crippen molar-refractivity contribution in [3.63, 3.8) is 0 Å². The van der Waals surface area contributed by atoms with E-state index >= 15 is 0 Å². The summed E-state index contributed by atoms with van der Waals surface area (Å²) in [7, 11) is -3.69. The minimum Gasteiger partial charge on any atom is -0.324 e. The Kier molecular flexibility index (Phi) is 5.92. The van der Waals surface area contributed by atoms with Crippen LogP contribution in [0.15, 0.2) is 41.3 Å². The lowest BCUT2D eigenvalue weighted by Crippen LogP contribution is -2.28. The number of carbonyl (C=O) groups is 1. The monoisotopic (exact) mass is 364 g/mol. The molecule has 5 nitrogen and oxygen atoms in total. The summed E-state index contributed by atoms with van der Waals surface area (Å²) in [6.07, 6.45) is -0.0998. The van der Waals surface area contributed by atoms with Gasteiger partial charge >= 0.3 is 0 Å². The highest BCUT2D eigenvalue weighted by atomic mass is 32.2. The van der Waals surface area contributed by atoms with Crippen LogP contribution in [0, 0.1) is 26.6 Å². The second-order valence-corrected chi connectivity index (χ2v) is 7.69. The maximum atomic E-state index is 13.7. The van der Waals surface area contributed by atoms with Crippen LogP contribution in [0.1, 0.15) is 23.1 Å². The van der Waals surface area contributed by atoms with E-state index in [0.29, 0.717) is 0 Å². The maximum Gasteiger partial charge on any atom is 0.240 e. The number of aryl methyl sites for hydroxylation is 3. The molecule has 0 radical (unpaired) electrons. The van der Waals surface area contributed by atoms with Crippen LogP contribution in [0.5, 0.6) is 0 Å². The number of halogens is 1. The van der Waals surface area contributed by atoms with Crippen LogP contribution in [0.4, 0.5) is 10.1 Å². The van der Waals surface area contributed by atoms with Crippen molar-refractivity contribution in [1.82, 2.24) is 4.72 Å². The number of rotatable bonds is 6. The van der Waals surface area contributed by atoms with Crippen LogP contribution in [0.25, 0.3) is 0 Å². The Morgan fingerprint density at radius 3 is 2.40 bits per heavy atom. The van der Waals surface area contributed by atoms with Gasteiger partial charge in [0.25, 0.3) is 0 Å². The quantitative estimate of drug-likeness (QED) is 0.827. The van der Waals surface area contributed by atoms with E-state index in [0.717, 1.165) is 16.7 Å². The third-order valence-corrected chi connectivity index (χ3v) is 5.29. The van der Waals surface area contributed by atoms with Crippen molar-refractivity contribution < 1.29 is 17.6 Å². The van der Waals surface area contributed by atoms with Gasteiger partial charge in [-0.1, -0.05) is 12.1 Å². The van der Waals surface area contributed by atoms with E-state index in [1.54, 1.807) is 25.1 Å². The second-order valence-electron chi connectivity index (χ2n) is 5.93. The molecule has 25 heavy (non-hydrogen) atoms. The lowest BCUT2D eigenvalue weighted by molar-refractivity contribution is -0.116. The van der Waals surface area contributed by atoms with Crippen molar-refractivity contribution in [2.45, 2.75) is 32.1 Å². The predicted molar refractivity (Wildman–Crippen MR) is 95.5 cm³/mol. The minimum atomic E-state index is -3.69. The summed E-state index contributed by atoms with van der Waals surface area (Å²) < 4.78 is 40.5. The molecular formula is C18H21FN2O3S. The molecule has 2 aromatic rings. The predicted octanol–water partition coefficient (Wildman–Crippen LogP) is 3.06. The first kappa shape index (κ1) is 19.1. The Balaban J connectivity index is 1.92. The largest absolute Gasteiger partial charge is 0.324 e. The molecular weight excluding hydrogens is 343 g/mol. The van der Waals surface area contributed by atoms with Gasteiger partial charge in [0.2, 0.25) is 15.9 Å². The highest BCUT2D eigenvalue weighted by Gasteiger charge is 2.15. The van der Waals surface area contributed by atoms with Crippen LogP contribution in [0.3, 0.4) is 0 Å². The van der Waals surface area contributed by atoms with Crippen molar-refractivity contribution >= 4 is 21.6 Å². The molecule has 0 atom stereocenters. The van der Waals surface area contributed by atoms with E-state index in [2.05, 4.69) is 10.0 Å². The first-order valence-corrected chi connectivity index (χ1v) is 9.30. The molecule has 0 unspecified atom stereocenters. The van der Waals surface area contributed by atoms with Gasteiger partial charge in [0.1, 0.15) is 5.82 Å². The third kappa shape index (κ3) is 5.11. The number of nitrogens with one attached hydrogen (secondary N) is 2. The van der Waals surface area contributed by atoms with Gasteiger partial charge in [-0.05, 0) is 61.7 Å². The second kappa shape index (κ2) is 7.76. The van der Waals surface area contributed by atoms with Crippen LogP contribution in [0.2, 0.25) is 0 Å². The van der Waals surface area contributed by atoms with E-state index in [-0.39, 0.29) is 23.5 Å². The fraction of sp³-hybridized carbons (Fsp3) is 0.278. The molecule has 0 aliphatic rings. The zero-order chi connectivity index (χ0) is 18.6. The zero-order valence-electron chi connectivity index (χ0n) is 14.4. The van der Waals surface area contributed by atoms with Gasteiger partial charge in [0.15, 0.2) is 0 Å². The smallest absolute Gasteiger partial charge is 0.240 e. The standard InChI is InChI=1S/C18H21FN2O3S/c1-12-4-7-17(16(19)10-12)21-18(22)8-9-20-25(23,24)15-6-5-13(2)14(3)11-15/h4-7,10-11,20H,8-9H2,1-3H3,(H,21,22). The summed E-state index contributed by atoms with van der Waals surface area (Å²) in [4.78, 5) is 12.0. The fourth-order valence-corrected chi connectivity index (χ4v) is 3.31. The van der Waals surface area contributed by atoms with Crippen molar-refractivity contribution in [2.24, 2.45) is 0 Å². The highest BCUT2D eigenvalue weighted by Crippen LogP contribution is 2.16. The molecule has 0 spiro atoms. The molecule has 0 saturated carbocycles. The zero-order valence-corrected chi connectivity index (χ0v) is 15.2. The summed E-state index contributed by atoms with van der Waals surface area (Å²) in [5.74, 6) is -0.991. The number of benzene rings is 2. The van der Waals surface area contributed by atoms with Crippen molar-refractivity contribution in [3.05, 3.63) is 58.9 Å². The lowest BCUT2D eigenvalue weighted by Gasteiger charge is -2.10. The van der Waals surface area contributed by atoms with Gasteiger partial charge in [-0.2, -0.15) is 0 Å². The van der Waals surface area contributed by atoms with Crippen LogP contribution in [-0.4, -0.2) is 20.9 Å². The van der Waals surface area contributed by atoms with Crippen molar-refractivity contribution in [2.75, 3.05) is 11.9 Å². The number of hydrogen-bond acceptors (Lipinski definition) is 3. The fourth-order valence-electron chi connectivity index (χ4n) is 2.20. The summed E-state index contributed by atoms with van der Waals surface area (Å²) in [5, 5.41) is 2.43. The van der Waals surface area contributed by atoms with Gasteiger partial charge in [-0.15, -0.1) is 0 Å². The van der Waals surface area contributed by atoms with Gasteiger partial charge < -0.3 is 5.32 Å². The normalized spacial score (nSPS) is 11.4. The molecule has 2 rings (SSSR count). The molecule has 1 amide bonds. The SMILES string of the molecule is Cc1ccc(NC(=O)CCNS(=O)(=O)c2ccc(C)c(C)c2)c(F)c1. The van der Waals surface area contributed by atoms with E-state index in [1.807, 2.05) is 13.8 Å². The number of hydrogen-bond donors (Lipinski definition) is 2. The Bertz CT molecular complexity index is 895. The third-order valence-electron chi connectivity index (χ3n) is 3.83. The molecule has 0 aliphatic heterocycles. The maximum absolute atomic E-state index is 13.7. The van der Waals surface area contributed by atoms with E-state index in [1.165, 1.54) is 18.2 Å². The summed E-state index contributed by atoms with van der Waals surface area (Å²) in [5.41, 5.74) is 2.69. The van der Waals surface area contributed by atoms with Crippen molar-refractivity contribution in [3.8, 4) is 0 Å². The summed E-state index contributed by atoms with van der Waals surface area (Å²) >= 11 is 0. The molecule has 0 saturated heterocycles. The first-order valence-electron chi connectivity index (χ1n) is 7.82. The molecule has 134 valence electrons. The van der Waals surface area contributed by atoms with Crippen LogP contribution in [-0.2, 0) is 14.8 Å². The Morgan fingerprint density at radius 1 is 1.04 bits per heavy atom.